The minimum atomic E-state index is 0.414. The average molecular weight is 366 g/mol. The van der Waals surface area contributed by atoms with Crippen LogP contribution < -0.4 is 0 Å². The van der Waals surface area contributed by atoms with Gasteiger partial charge in [-0.05, 0) is 39.7 Å². The second-order valence-electron chi connectivity index (χ2n) is 8.12. The maximum Gasteiger partial charge on any atom is 0.0788 e. The van der Waals surface area contributed by atoms with Gasteiger partial charge < -0.3 is 0 Å². The smallest absolute Gasteiger partial charge is 0.0788 e. The summed E-state index contributed by atoms with van der Waals surface area (Å²) in [5.74, 6) is 0.829. The van der Waals surface area contributed by atoms with E-state index in [1.165, 1.54) is 33.4 Å². The third-order valence-electron chi connectivity index (χ3n) is 5.58. The molecule has 1 nitrogen and oxygen atoms in total. The summed E-state index contributed by atoms with van der Waals surface area (Å²) < 4.78 is 0. The number of rotatable bonds is 3. The van der Waals surface area contributed by atoms with E-state index in [-0.39, 0.29) is 0 Å². The normalized spacial score (nSPS) is 14.5. The number of hydrogen-bond acceptors (Lipinski definition) is 1. The van der Waals surface area contributed by atoms with Crippen molar-refractivity contribution in [2.45, 2.75) is 39.5 Å². The second-order valence-corrected chi connectivity index (χ2v) is 8.12. The molecule has 3 aromatic rings. The molecule has 1 heteroatoms. The molecular weight excluding hydrogens is 338 g/mol. The minimum Gasteiger partial charge on any atom is -0.247 e. The first-order chi connectivity index (χ1) is 13.5. The molecule has 0 saturated heterocycles. The molecule has 0 N–H and O–H groups in total. The zero-order valence-corrected chi connectivity index (χ0v) is 17.2. The van der Waals surface area contributed by atoms with E-state index in [0.717, 1.165) is 17.0 Å². The first-order valence-corrected chi connectivity index (χ1v) is 10.1. The van der Waals surface area contributed by atoms with Gasteiger partial charge in [0.25, 0.3) is 0 Å². The number of hydrogen-bond donors (Lipinski definition) is 0. The second kappa shape index (κ2) is 7.24. The van der Waals surface area contributed by atoms with Crippen LogP contribution in [0, 0.1) is 0 Å². The van der Waals surface area contributed by atoms with E-state index in [0.29, 0.717) is 11.8 Å². The van der Waals surface area contributed by atoms with E-state index in [9.17, 15) is 0 Å². The van der Waals surface area contributed by atoms with Crippen LogP contribution in [0.5, 0.6) is 0 Å². The molecule has 3 aromatic carbocycles. The highest BCUT2D eigenvalue weighted by molar-refractivity contribution is 6.37. The third-order valence-corrected chi connectivity index (χ3v) is 5.58. The van der Waals surface area contributed by atoms with Gasteiger partial charge in [0.1, 0.15) is 0 Å². The van der Waals surface area contributed by atoms with Crippen LogP contribution >= 0.6 is 0 Å². The van der Waals surface area contributed by atoms with Gasteiger partial charge in [0.2, 0.25) is 0 Å². The highest BCUT2D eigenvalue weighted by atomic mass is 14.8. The molecule has 0 bridgehead atoms. The molecule has 0 saturated carbocycles. The molecule has 0 aliphatic heterocycles. The SMILES string of the molecule is C=C1/C(=N/c2c(C(C)C)cccc2C(C)C)c2ccccc2-c2ccccc21. The number of nitrogens with zero attached hydrogens (tertiary/aromatic N) is 1. The van der Waals surface area contributed by atoms with Gasteiger partial charge in [-0.25, -0.2) is 4.99 Å². The fraction of sp³-hybridized carbons (Fsp3) is 0.222. The summed E-state index contributed by atoms with van der Waals surface area (Å²) in [7, 11) is 0. The third kappa shape index (κ3) is 3.01. The Bertz CT molecular complexity index is 1060. The average Bonchev–Trinajstić information content (AvgIpc) is 2.70. The van der Waals surface area contributed by atoms with E-state index >= 15 is 0 Å². The quantitative estimate of drug-likeness (QED) is 0.450. The lowest BCUT2D eigenvalue weighted by atomic mass is 9.81. The summed E-state index contributed by atoms with van der Waals surface area (Å²) in [6.45, 7) is 13.4. The predicted molar refractivity (Wildman–Crippen MR) is 122 cm³/mol. The van der Waals surface area contributed by atoms with Crippen LogP contribution in [-0.4, -0.2) is 5.71 Å². The minimum absolute atomic E-state index is 0.414. The Balaban J connectivity index is 2.01. The molecule has 1 aliphatic carbocycles. The Morgan fingerprint density at radius 1 is 0.607 bits per heavy atom. The van der Waals surface area contributed by atoms with Crippen molar-refractivity contribution in [3.8, 4) is 11.1 Å². The van der Waals surface area contributed by atoms with Gasteiger partial charge in [0.05, 0.1) is 11.4 Å². The summed E-state index contributed by atoms with van der Waals surface area (Å²) in [5, 5.41) is 0. The number of aliphatic imine (C=N–C) groups is 1. The monoisotopic (exact) mass is 365 g/mol. The molecule has 0 atom stereocenters. The zero-order chi connectivity index (χ0) is 19.8. The van der Waals surface area contributed by atoms with Crippen LogP contribution in [0.25, 0.3) is 16.7 Å². The Morgan fingerprint density at radius 2 is 1.07 bits per heavy atom. The highest BCUT2D eigenvalue weighted by Gasteiger charge is 2.25. The molecule has 0 radical (unpaired) electrons. The summed E-state index contributed by atoms with van der Waals surface area (Å²) in [4.78, 5) is 5.30. The first kappa shape index (κ1) is 18.4. The number of benzene rings is 3. The summed E-state index contributed by atoms with van der Waals surface area (Å²) in [6, 6.07) is 23.6. The maximum atomic E-state index is 5.30. The Kier molecular flexibility index (Phi) is 4.77. The van der Waals surface area contributed by atoms with Crippen molar-refractivity contribution in [3.63, 3.8) is 0 Å². The lowest BCUT2D eigenvalue weighted by Gasteiger charge is -2.25. The van der Waals surface area contributed by atoms with Gasteiger partial charge in [0, 0.05) is 11.1 Å². The van der Waals surface area contributed by atoms with Crippen molar-refractivity contribution >= 4 is 17.0 Å². The van der Waals surface area contributed by atoms with E-state index in [4.69, 9.17) is 4.99 Å². The molecule has 0 fully saturated rings. The summed E-state index contributed by atoms with van der Waals surface area (Å²) in [5.41, 5.74) is 10.5. The van der Waals surface area contributed by atoms with Crippen LogP contribution in [0.4, 0.5) is 5.69 Å². The van der Waals surface area contributed by atoms with E-state index in [1.807, 2.05) is 0 Å². The summed E-state index contributed by atoms with van der Waals surface area (Å²) in [6.07, 6.45) is 0. The van der Waals surface area contributed by atoms with E-state index in [2.05, 4.69) is 101 Å². The lowest BCUT2D eigenvalue weighted by molar-refractivity contribution is 0.835. The van der Waals surface area contributed by atoms with Crippen LogP contribution in [0.15, 0.2) is 78.3 Å². The van der Waals surface area contributed by atoms with Crippen LogP contribution in [0.2, 0.25) is 0 Å². The molecule has 0 spiro atoms. The number of fused-ring (bicyclic) bond motifs is 3. The van der Waals surface area contributed by atoms with Gasteiger partial charge in [0.15, 0.2) is 0 Å². The highest BCUT2D eigenvalue weighted by Crippen LogP contribution is 2.41. The van der Waals surface area contributed by atoms with E-state index in [1.54, 1.807) is 0 Å². The Morgan fingerprint density at radius 3 is 1.61 bits per heavy atom. The number of para-hydroxylation sites is 1. The largest absolute Gasteiger partial charge is 0.247 e. The molecule has 28 heavy (non-hydrogen) atoms. The van der Waals surface area contributed by atoms with Crippen molar-refractivity contribution in [2.24, 2.45) is 4.99 Å². The van der Waals surface area contributed by atoms with Gasteiger partial charge >= 0.3 is 0 Å². The topological polar surface area (TPSA) is 12.4 Å². The van der Waals surface area contributed by atoms with Crippen LogP contribution in [0.1, 0.15) is 61.8 Å². The molecule has 1 aliphatic rings. The predicted octanol–water partition coefficient (Wildman–Crippen LogP) is 7.75. The molecular formula is C27H27N. The van der Waals surface area contributed by atoms with Crippen molar-refractivity contribution in [2.75, 3.05) is 0 Å². The van der Waals surface area contributed by atoms with Gasteiger partial charge in [-0.1, -0.05) is 101 Å². The molecule has 4 rings (SSSR count). The van der Waals surface area contributed by atoms with E-state index < -0.39 is 0 Å². The van der Waals surface area contributed by atoms with Crippen molar-refractivity contribution in [1.29, 1.82) is 0 Å². The number of allylic oxidation sites excluding steroid dienone is 1. The van der Waals surface area contributed by atoms with Crippen molar-refractivity contribution in [1.82, 2.24) is 0 Å². The zero-order valence-electron chi connectivity index (χ0n) is 17.2. The fourth-order valence-electron chi connectivity index (χ4n) is 4.08. The standard InChI is InChI=1S/C27H27N/c1-17(2)20-15-10-16-21(18(3)4)27(20)28-26-19(5)22-11-6-7-12-23(22)24-13-8-9-14-25(24)26/h6-18H,5H2,1-4H3/b28-26-. The Hall–Kier alpha value is -2.93. The molecule has 0 unspecified atom stereocenters. The Labute approximate surface area is 168 Å². The first-order valence-electron chi connectivity index (χ1n) is 10.1. The lowest BCUT2D eigenvalue weighted by Crippen LogP contribution is -2.12. The van der Waals surface area contributed by atoms with Gasteiger partial charge in [-0.15, -0.1) is 0 Å². The van der Waals surface area contributed by atoms with Gasteiger partial charge in [-0.3, -0.25) is 0 Å². The molecule has 140 valence electrons. The van der Waals surface area contributed by atoms with Crippen LogP contribution in [0.3, 0.4) is 0 Å². The molecule has 0 aromatic heterocycles. The van der Waals surface area contributed by atoms with Crippen molar-refractivity contribution in [3.05, 3.63) is 95.6 Å². The maximum absolute atomic E-state index is 5.30. The van der Waals surface area contributed by atoms with Gasteiger partial charge in [-0.2, -0.15) is 0 Å². The molecule has 0 heterocycles. The summed E-state index contributed by atoms with van der Waals surface area (Å²) >= 11 is 0. The van der Waals surface area contributed by atoms with Crippen LogP contribution in [-0.2, 0) is 0 Å². The van der Waals surface area contributed by atoms with Crippen molar-refractivity contribution < 1.29 is 0 Å². The fourth-order valence-corrected chi connectivity index (χ4v) is 4.08. The molecule has 0 amide bonds.